The molecule has 3 aromatic rings. The highest BCUT2D eigenvalue weighted by atomic mass is 32.2. The third-order valence-corrected chi connectivity index (χ3v) is 11.5. The minimum Gasteiger partial charge on any atom is -0.495 e. The number of aryl methyl sites for hydroxylation is 2. The third-order valence-electron chi connectivity index (χ3n) is 7.56. The normalized spacial score (nSPS) is 14.7. The SMILES string of the molecule is COc1ccc(CCN(C)S(=O)(=O)c2ccc(OC)c(N3CCN(S(=O)(=O)c4cc(C)ccc4C)CC3)c2)cc1OC. The lowest BCUT2D eigenvalue weighted by molar-refractivity contribution is 0.354. The van der Waals surface area contributed by atoms with Crippen molar-refractivity contribution in [2.24, 2.45) is 0 Å². The van der Waals surface area contributed by atoms with Crippen LogP contribution in [0, 0.1) is 13.8 Å². The van der Waals surface area contributed by atoms with Crippen LogP contribution in [0.1, 0.15) is 16.7 Å². The Morgan fingerprint density at radius 1 is 0.762 bits per heavy atom. The zero-order chi connectivity index (χ0) is 30.7. The van der Waals surface area contributed by atoms with Gasteiger partial charge in [0.25, 0.3) is 0 Å². The maximum absolute atomic E-state index is 13.5. The molecule has 4 rings (SSSR count). The predicted octanol–water partition coefficient (Wildman–Crippen LogP) is 3.70. The molecule has 12 heteroatoms. The molecule has 1 aliphatic heterocycles. The molecule has 0 saturated carbocycles. The van der Waals surface area contributed by atoms with Crippen molar-refractivity contribution in [2.45, 2.75) is 30.1 Å². The van der Waals surface area contributed by atoms with E-state index in [0.29, 0.717) is 52.9 Å². The Hall–Kier alpha value is -3.32. The molecule has 0 aliphatic carbocycles. The molecule has 0 spiro atoms. The summed E-state index contributed by atoms with van der Waals surface area (Å²) in [5.41, 5.74) is 3.11. The zero-order valence-corrected chi connectivity index (χ0v) is 26.6. The van der Waals surface area contributed by atoms with Gasteiger partial charge in [0.1, 0.15) is 5.75 Å². The summed E-state index contributed by atoms with van der Waals surface area (Å²) in [6.45, 7) is 5.23. The van der Waals surface area contributed by atoms with E-state index >= 15 is 0 Å². The van der Waals surface area contributed by atoms with Crippen molar-refractivity contribution in [3.63, 3.8) is 0 Å². The van der Waals surface area contributed by atoms with Gasteiger partial charge in [0.15, 0.2) is 11.5 Å². The molecule has 1 saturated heterocycles. The zero-order valence-electron chi connectivity index (χ0n) is 25.0. The maximum atomic E-state index is 13.5. The number of ether oxygens (including phenoxy) is 3. The van der Waals surface area contributed by atoms with Crippen molar-refractivity contribution in [1.29, 1.82) is 0 Å². The van der Waals surface area contributed by atoms with Crippen molar-refractivity contribution in [3.8, 4) is 17.2 Å². The van der Waals surface area contributed by atoms with Crippen LogP contribution in [0.4, 0.5) is 5.69 Å². The van der Waals surface area contributed by atoms with Gasteiger partial charge in [-0.15, -0.1) is 0 Å². The Labute approximate surface area is 249 Å². The molecule has 228 valence electrons. The Bertz CT molecular complexity index is 1630. The van der Waals surface area contributed by atoms with Gasteiger partial charge in [-0.25, -0.2) is 21.1 Å². The minimum absolute atomic E-state index is 0.138. The number of rotatable bonds is 11. The number of benzene rings is 3. The molecule has 1 heterocycles. The number of sulfonamides is 2. The van der Waals surface area contributed by atoms with Gasteiger partial charge in [0.2, 0.25) is 20.0 Å². The lowest BCUT2D eigenvalue weighted by Crippen LogP contribution is -2.49. The average molecular weight is 618 g/mol. The van der Waals surface area contributed by atoms with E-state index in [1.54, 1.807) is 52.5 Å². The number of anilines is 1. The van der Waals surface area contributed by atoms with Gasteiger partial charge in [0, 0.05) is 39.8 Å². The van der Waals surface area contributed by atoms with Crippen LogP contribution in [-0.2, 0) is 26.5 Å². The highest BCUT2D eigenvalue weighted by molar-refractivity contribution is 7.89. The molecule has 1 fully saturated rings. The summed E-state index contributed by atoms with van der Waals surface area (Å²) >= 11 is 0. The molecule has 3 aromatic carbocycles. The minimum atomic E-state index is -3.81. The lowest BCUT2D eigenvalue weighted by atomic mass is 10.1. The van der Waals surface area contributed by atoms with E-state index in [0.717, 1.165) is 11.1 Å². The molecule has 0 amide bonds. The second kappa shape index (κ2) is 12.9. The van der Waals surface area contributed by atoms with Gasteiger partial charge >= 0.3 is 0 Å². The summed E-state index contributed by atoms with van der Waals surface area (Å²) in [7, 11) is -1.27. The summed E-state index contributed by atoms with van der Waals surface area (Å²) in [6, 6.07) is 15.7. The monoisotopic (exact) mass is 617 g/mol. The van der Waals surface area contributed by atoms with Crippen LogP contribution >= 0.6 is 0 Å². The molecule has 1 aliphatic rings. The first-order chi connectivity index (χ1) is 19.9. The van der Waals surface area contributed by atoms with E-state index in [1.807, 2.05) is 36.1 Å². The average Bonchev–Trinajstić information content (AvgIpc) is 3.00. The van der Waals surface area contributed by atoms with Gasteiger partial charge in [-0.2, -0.15) is 4.31 Å². The van der Waals surface area contributed by atoms with Crippen molar-refractivity contribution in [2.75, 3.05) is 66.0 Å². The highest BCUT2D eigenvalue weighted by Gasteiger charge is 2.31. The van der Waals surface area contributed by atoms with E-state index in [1.165, 1.54) is 21.8 Å². The molecule has 42 heavy (non-hydrogen) atoms. The Kier molecular flexibility index (Phi) is 9.71. The highest BCUT2D eigenvalue weighted by Crippen LogP contribution is 2.34. The Morgan fingerprint density at radius 2 is 1.40 bits per heavy atom. The van der Waals surface area contributed by atoms with Crippen LogP contribution in [0.25, 0.3) is 0 Å². The van der Waals surface area contributed by atoms with Crippen LogP contribution in [0.15, 0.2) is 64.4 Å². The number of piperazine rings is 1. The smallest absolute Gasteiger partial charge is 0.243 e. The fraction of sp³-hybridized carbons (Fsp3) is 0.400. The molecule has 0 bridgehead atoms. The fourth-order valence-electron chi connectivity index (χ4n) is 4.99. The molecule has 10 nitrogen and oxygen atoms in total. The fourth-order valence-corrected chi connectivity index (χ4v) is 7.92. The molecular weight excluding hydrogens is 578 g/mol. The third kappa shape index (κ3) is 6.51. The van der Waals surface area contributed by atoms with Crippen molar-refractivity contribution in [3.05, 3.63) is 71.3 Å². The van der Waals surface area contributed by atoms with E-state index in [4.69, 9.17) is 14.2 Å². The number of hydrogen-bond acceptors (Lipinski definition) is 8. The number of hydrogen-bond donors (Lipinski definition) is 0. The van der Waals surface area contributed by atoms with Crippen LogP contribution in [0.2, 0.25) is 0 Å². The Morgan fingerprint density at radius 3 is 2.05 bits per heavy atom. The predicted molar refractivity (Wildman–Crippen MR) is 163 cm³/mol. The number of likely N-dealkylation sites (N-methyl/N-ethyl adjacent to an activating group) is 1. The van der Waals surface area contributed by atoms with Crippen molar-refractivity contribution < 1.29 is 31.0 Å². The van der Waals surface area contributed by atoms with E-state index < -0.39 is 20.0 Å². The van der Waals surface area contributed by atoms with E-state index in [2.05, 4.69) is 0 Å². The largest absolute Gasteiger partial charge is 0.495 e. The summed E-state index contributed by atoms with van der Waals surface area (Å²) in [5.74, 6) is 1.71. The summed E-state index contributed by atoms with van der Waals surface area (Å²) in [6.07, 6.45) is 0.482. The van der Waals surface area contributed by atoms with Crippen LogP contribution in [0.3, 0.4) is 0 Å². The quantitative estimate of drug-likeness (QED) is 0.321. The second-order valence-electron chi connectivity index (χ2n) is 10.3. The lowest BCUT2D eigenvalue weighted by Gasteiger charge is -2.36. The summed E-state index contributed by atoms with van der Waals surface area (Å²) in [4.78, 5) is 2.42. The first-order valence-electron chi connectivity index (χ1n) is 13.6. The maximum Gasteiger partial charge on any atom is 0.243 e. The summed E-state index contributed by atoms with van der Waals surface area (Å²) < 4.78 is 72.9. The first kappa shape index (κ1) is 31.6. The van der Waals surface area contributed by atoms with Crippen LogP contribution in [0.5, 0.6) is 17.2 Å². The first-order valence-corrected chi connectivity index (χ1v) is 16.5. The van der Waals surface area contributed by atoms with Crippen LogP contribution < -0.4 is 19.1 Å². The molecule has 0 radical (unpaired) electrons. The molecule has 0 atom stereocenters. The van der Waals surface area contributed by atoms with Gasteiger partial charge < -0.3 is 19.1 Å². The molecule has 0 N–H and O–H groups in total. The Balaban J connectivity index is 1.49. The molecule has 0 unspecified atom stereocenters. The van der Waals surface area contributed by atoms with E-state index in [-0.39, 0.29) is 24.5 Å². The van der Waals surface area contributed by atoms with Gasteiger partial charge in [0.05, 0.1) is 36.8 Å². The molecule has 0 aromatic heterocycles. The summed E-state index contributed by atoms with van der Waals surface area (Å²) in [5, 5.41) is 0. The van der Waals surface area contributed by atoms with Crippen molar-refractivity contribution >= 4 is 25.7 Å². The van der Waals surface area contributed by atoms with Crippen molar-refractivity contribution in [1.82, 2.24) is 8.61 Å². The number of methoxy groups -OCH3 is 3. The topological polar surface area (TPSA) is 106 Å². The van der Waals surface area contributed by atoms with Gasteiger partial charge in [-0.3, -0.25) is 0 Å². The van der Waals surface area contributed by atoms with Gasteiger partial charge in [-0.05, 0) is 73.4 Å². The molecular formula is C30H39N3O7S2. The second-order valence-corrected chi connectivity index (χ2v) is 14.2. The van der Waals surface area contributed by atoms with E-state index in [9.17, 15) is 16.8 Å². The number of nitrogens with zero attached hydrogens (tertiary/aromatic N) is 3. The van der Waals surface area contributed by atoms with Gasteiger partial charge in [-0.1, -0.05) is 18.2 Å². The van der Waals surface area contributed by atoms with Crippen LogP contribution in [-0.4, -0.2) is 86.5 Å². The standard InChI is InChI=1S/C30H39N3O7S2/c1-22-7-8-23(2)30(19-22)42(36,37)33-17-15-32(16-18-33)26-21-25(10-12-27(26)38-4)41(34,35)31(3)14-13-24-9-11-28(39-5)29(20-24)40-6/h7-12,19-21H,13-18H2,1-6H3.